The normalized spacial score (nSPS) is 20.9. The second-order valence-corrected chi connectivity index (χ2v) is 13.1. The Morgan fingerprint density at radius 3 is 2.43 bits per heavy atom. The molecule has 0 bridgehead atoms. The molecule has 1 fully saturated rings. The first-order valence-electron chi connectivity index (χ1n) is 8.91. The van der Waals surface area contributed by atoms with E-state index in [4.69, 9.17) is 4.43 Å². The molecule has 1 atom stereocenters. The predicted octanol–water partition coefficient (Wildman–Crippen LogP) is 3.36. The molecular weight excluding hydrogens is 304 g/mol. The number of rotatable bonds is 5. The molecule has 1 aromatic heterocycles. The Morgan fingerprint density at radius 1 is 1.22 bits per heavy atom. The van der Waals surface area contributed by atoms with E-state index >= 15 is 0 Å². The van der Waals surface area contributed by atoms with Crippen molar-refractivity contribution in [1.29, 1.82) is 0 Å². The molecule has 0 spiro atoms. The smallest absolute Gasteiger partial charge is 0.192 e. The fraction of sp³-hybridized carbons (Fsp3) is 0.882. The van der Waals surface area contributed by atoms with Crippen LogP contribution in [0.1, 0.15) is 52.2 Å². The average molecular weight is 339 g/mol. The van der Waals surface area contributed by atoms with E-state index in [1.807, 2.05) is 0 Å². The number of hydrogen-bond donors (Lipinski definition) is 0. The van der Waals surface area contributed by atoms with Gasteiger partial charge in [0.1, 0.15) is 11.6 Å². The standard InChI is InChI=1S/C17H34N4OSi/c1-8-15-18-19-16(20(15)5)13-21-11-9-10-14(12-21)22-23(6,7)17(2,3)4/h14H,8-13H2,1-7H3. The SMILES string of the molecule is CCc1nnc(CN2CCCC(O[Si](C)(C)C(C)(C)C)C2)n1C. The molecule has 5 nitrogen and oxygen atoms in total. The van der Waals surface area contributed by atoms with Gasteiger partial charge in [0.15, 0.2) is 8.32 Å². The van der Waals surface area contributed by atoms with Crippen LogP contribution in [0.4, 0.5) is 0 Å². The first kappa shape index (κ1) is 18.6. The highest BCUT2D eigenvalue weighted by atomic mass is 28.4. The zero-order valence-corrected chi connectivity index (χ0v) is 17.0. The largest absolute Gasteiger partial charge is 0.413 e. The average Bonchev–Trinajstić information content (AvgIpc) is 2.78. The van der Waals surface area contributed by atoms with Crippen molar-refractivity contribution in [2.45, 2.75) is 77.7 Å². The number of hydrogen-bond acceptors (Lipinski definition) is 4. The minimum Gasteiger partial charge on any atom is -0.413 e. The van der Waals surface area contributed by atoms with E-state index in [0.717, 1.165) is 37.7 Å². The van der Waals surface area contributed by atoms with Gasteiger partial charge in [-0.1, -0.05) is 27.7 Å². The number of piperidine rings is 1. The number of likely N-dealkylation sites (tertiary alicyclic amines) is 1. The zero-order valence-electron chi connectivity index (χ0n) is 16.0. The Labute approximate surface area is 142 Å². The first-order valence-corrected chi connectivity index (χ1v) is 11.8. The highest BCUT2D eigenvalue weighted by Crippen LogP contribution is 2.38. The molecule has 1 saturated heterocycles. The van der Waals surface area contributed by atoms with Crippen LogP contribution in [0.3, 0.4) is 0 Å². The van der Waals surface area contributed by atoms with Crippen LogP contribution in [-0.2, 0) is 24.4 Å². The molecule has 0 N–H and O–H groups in total. The highest BCUT2D eigenvalue weighted by molar-refractivity contribution is 6.74. The van der Waals surface area contributed by atoms with Crippen molar-refractivity contribution in [2.24, 2.45) is 7.05 Å². The molecular formula is C17H34N4OSi. The quantitative estimate of drug-likeness (QED) is 0.772. The summed E-state index contributed by atoms with van der Waals surface area (Å²) in [5.41, 5.74) is 0. The molecule has 1 aliphatic heterocycles. The molecule has 1 aliphatic rings. The van der Waals surface area contributed by atoms with Crippen LogP contribution >= 0.6 is 0 Å². The zero-order chi connectivity index (χ0) is 17.3. The topological polar surface area (TPSA) is 43.2 Å². The molecule has 6 heteroatoms. The van der Waals surface area contributed by atoms with E-state index < -0.39 is 8.32 Å². The van der Waals surface area contributed by atoms with Crippen LogP contribution in [0.2, 0.25) is 18.1 Å². The van der Waals surface area contributed by atoms with Gasteiger partial charge < -0.3 is 8.99 Å². The van der Waals surface area contributed by atoms with Crippen LogP contribution < -0.4 is 0 Å². The lowest BCUT2D eigenvalue weighted by atomic mass is 10.1. The monoisotopic (exact) mass is 338 g/mol. The summed E-state index contributed by atoms with van der Waals surface area (Å²) in [6.07, 6.45) is 3.68. The van der Waals surface area contributed by atoms with Gasteiger partial charge in [0.25, 0.3) is 0 Å². The van der Waals surface area contributed by atoms with Crippen molar-refractivity contribution in [3.05, 3.63) is 11.6 Å². The van der Waals surface area contributed by atoms with Gasteiger partial charge in [0.05, 0.1) is 12.6 Å². The second-order valence-electron chi connectivity index (χ2n) is 8.32. The molecule has 0 aromatic carbocycles. The number of nitrogens with zero attached hydrogens (tertiary/aromatic N) is 4. The van der Waals surface area contributed by atoms with Gasteiger partial charge in [-0.25, -0.2) is 0 Å². The van der Waals surface area contributed by atoms with Gasteiger partial charge in [0.2, 0.25) is 0 Å². The molecule has 0 aliphatic carbocycles. The molecule has 0 amide bonds. The van der Waals surface area contributed by atoms with E-state index in [-0.39, 0.29) is 5.04 Å². The summed E-state index contributed by atoms with van der Waals surface area (Å²) in [6.45, 7) is 16.8. The molecule has 1 aromatic rings. The molecule has 0 radical (unpaired) electrons. The Balaban J connectivity index is 1.97. The van der Waals surface area contributed by atoms with Crippen molar-refractivity contribution in [3.63, 3.8) is 0 Å². The maximum atomic E-state index is 6.62. The van der Waals surface area contributed by atoms with Crippen molar-refractivity contribution in [3.8, 4) is 0 Å². The van der Waals surface area contributed by atoms with Crippen molar-refractivity contribution < 1.29 is 4.43 Å². The minimum atomic E-state index is -1.69. The molecule has 2 heterocycles. The summed E-state index contributed by atoms with van der Waals surface area (Å²) in [5, 5.41) is 8.90. The molecule has 23 heavy (non-hydrogen) atoms. The van der Waals surface area contributed by atoms with E-state index in [0.29, 0.717) is 6.10 Å². The molecule has 2 rings (SSSR count). The highest BCUT2D eigenvalue weighted by Gasteiger charge is 2.39. The third-order valence-corrected chi connectivity index (χ3v) is 10.0. The number of aromatic nitrogens is 3. The van der Waals surface area contributed by atoms with Crippen molar-refractivity contribution in [1.82, 2.24) is 19.7 Å². The third kappa shape index (κ3) is 4.42. The van der Waals surface area contributed by atoms with Crippen molar-refractivity contribution >= 4 is 8.32 Å². The summed E-state index contributed by atoms with van der Waals surface area (Å²) in [5.74, 6) is 2.13. The fourth-order valence-electron chi connectivity index (χ4n) is 2.89. The van der Waals surface area contributed by atoms with Crippen LogP contribution in [0.25, 0.3) is 0 Å². The lowest BCUT2D eigenvalue weighted by Crippen LogP contribution is -2.49. The lowest BCUT2D eigenvalue weighted by Gasteiger charge is -2.42. The van der Waals surface area contributed by atoms with Crippen LogP contribution in [0.15, 0.2) is 0 Å². The molecule has 1 unspecified atom stereocenters. The second kappa shape index (κ2) is 7.03. The van der Waals surface area contributed by atoms with E-state index in [9.17, 15) is 0 Å². The van der Waals surface area contributed by atoms with E-state index in [1.54, 1.807) is 0 Å². The van der Waals surface area contributed by atoms with Gasteiger partial charge in [-0.3, -0.25) is 4.90 Å². The Kier molecular flexibility index (Phi) is 5.69. The number of aryl methyl sites for hydroxylation is 1. The van der Waals surface area contributed by atoms with Gasteiger partial charge in [-0.2, -0.15) is 0 Å². The fourth-order valence-corrected chi connectivity index (χ4v) is 4.27. The van der Waals surface area contributed by atoms with E-state index in [1.165, 1.54) is 12.8 Å². The summed E-state index contributed by atoms with van der Waals surface area (Å²) < 4.78 is 8.76. The molecule has 0 saturated carbocycles. The van der Waals surface area contributed by atoms with Gasteiger partial charge in [-0.15, -0.1) is 10.2 Å². The minimum absolute atomic E-state index is 0.273. The Hall–Kier alpha value is -0.723. The predicted molar refractivity (Wildman–Crippen MR) is 97.0 cm³/mol. The maximum absolute atomic E-state index is 6.62. The summed E-state index contributed by atoms with van der Waals surface area (Å²) in [7, 11) is 0.385. The first-order chi connectivity index (χ1) is 10.6. The van der Waals surface area contributed by atoms with Gasteiger partial charge in [-0.05, 0) is 37.5 Å². The van der Waals surface area contributed by atoms with Crippen LogP contribution in [0, 0.1) is 0 Å². The van der Waals surface area contributed by atoms with Crippen LogP contribution in [0.5, 0.6) is 0 Å². The third-order valence-electron chi connectivity index (χ3n) is 5.47. The maximum Gasteiger partial charge on any atom is 0.192 e. The van der Waals surface area contributed by atoms with Gasteiger partial charge >= 0.3 is 0 Å². The Morgan fingerprint density at radius 2 is 1.87 bits per heavy atom. The summed E-state index contributed by atoms with van der Waals surface area (Å²) in [6, 6.07) is 0. The lowest BCUT2D eigenvalue weighted by molar-refractivity contribution is 0.0722. The van der Waals surface area contributed by atoms with Gasteiger partial charge in [0, 0.05) is 20.0 Å². The summed E-state index contributed by atoms with van der Waals surface area (Å²) in [4.78, 5) is 2.48. The molecule has 132 valence electrons. The van der Waals surface area contributed by atoms with E-state index in [2.05, 4.69) is 67.5 Å². The van der Waals surface area contributed by atoms with Crippen molar-refractivity contribution in [2.75, 3.05) is 13.1 Å². The summed E-state index contributed by atoms with van der Waals surface area (Å²) >= 11 is 0. The Bertz CT molecular complexity index is 521. The van der Waals surface area contributed by atoms with Crippen LogP contribution in [-0.4, -0.2) is 47.2 Å².